The summed E-state index contributed by atoms with van der Waals surface area (Å²) in [5, 5.41) is 2.74. The predicted octanol–water partition coefficient (Wildman–Crippen LogP) is 2.24. The van der Waals surface area contributed by atoms with Crippen LogP contribution in [0.5, 0.6) is 0 Å². The third kappa shape index (κ3) is 3.29. The molecule has 2 aromatic heterocycles. The Hall–Kier alpha value is -1.77. The van der Waals surface area contributed by atoms with Crippen molar-refractivity contribution in [2.75, 3.05) is 11.9 Å². The third-order valence-electron chi connectivity index (χ3n) is 3.71. The highest BCUT2D eigenvalue weighted by Gasteiger charge is 2.40. The number of anilines is 1. The Morgan fingerprint density at radius 2 is 2.22 bits per heavy atom. The number of carbonyl (C=O) groups is 1. The number of aromatic nitrogens is 1. The van der Waals surface area contributed by atoms with Crippen LogP contribution in [0.1, 0.15) is 17.7 Å². The lowest BCUT2D eigenvalue weighted by Gasteiger charge is -2.22. The van der Waals surface area contributed by atoms with Gasteiger partial charge in [-0.25, -0.2) is 8.42 Å². The van der Waals surface area contributed by atoms with Crippen molar-refractivity contribution < 1.29 is 13.2 Å². The quantitative estimate of drug-likeness (QED) is 0.916. The molecule has 8 heteroatoms. The zero-order valence-electron chi connectivity index (χ0n) is 12.6. The number of hydrogen-bond acceptors (Lipinski definition) is 5. The zero-order chi connectivity index (χ0) is 16.4. The third-order valence-corrected chi connectivity index (χ3v) is 7.09. The number of carbonyl (C=O) groups excluding carboxylic acids is 1. The maximum absolute atomic E-state index is 12.8. The Morgan fingerprint density at radius 3 is 2.87 bits per heavy atom. The Labute approximate surface area is 139 Å². The van der Waals surface area contributed by atoms with Crippen molar-refractivity contribution in [2.45, 2.75) is 30.0 Å². The SMILES string of the molecule is Cc1ccc(S(=O)(=O)N2CCCC2C(=O)Nc2cccnc2)s1. The second-order valence-electron chi connectivity index (χ2n) is 5.37. The second kappa shape index (κ2) is 6.38. The van der Waals surface area contributed by atoms with Crippen LogP contribution >= 0.6 is 11.3 Å². The molecule has 1 fully saturated rings. The lowest BCUT2D eigenvalue weighted by atomic mass is 10.2. The smallest absolute Gasteiger partial charge is 0.253 e. The summed E-state index contributed by atoms with van der Waals surface area (Å²) < 4.78 is 27.1. The molecule has 1 saturated heterocycles. The lowest BCUT2D eigenvalue weighted by Crippen LogP contribution is -2.42. The fraction of sp³-hybridized carbons (Fsp3) is 0.333. The van der Waals surface area contributed by atoms with E-state index in [1.54, 1.807) is 30.5 Å². The van der Waals surface area contributed by atoms with Crippen molar-refractivity contribution in [1.29, 1.82) is 0 Å². The molecule has 1 atom stereocenters. The number of aryl methyl sites for hydroxylation is 1. The van der Waals surface area contributed by atoms with E-state index in [-0.39, 0.29) is 10.1 Å². The van der Waals surface area contributed by atoms with Crippen LogP contribution in [0.2, 0.25) is 0 Å². The fourth-order valence-corrected chi connectivity index (χ4v) is 5.69. The highest BCUT2D eigenvalue weighted by atomic mass is 32.2. The van der Waals surface area contributed by atoms with Crippen LogP contribution in [0.15, 0.2) is 40.9 Å². The van der Waals surface area contributed by atoms with Gasteiger partial charge >= 0.3 is 0 Å². The highest BCUT2D eigenvalue weighted by Crippen LogP contribution is 2.30. The molecule has 1 N–H and O–H groups in total. The zero-order valence-corrected chi connectivity index (χ0v) is 14.2. The Morgan fingerprint density at radius 1 is 1.39 bits per heavy atom. The molecule has 3 rings (SSSR count). The summed E-state index contributed by atoms with van der Waals surface area (Å²) in [6.45, 7) is 2.23. The predicted molar refractivity (Wildman–Crippen MR) is 88.8 cm³/mol. The van der Waals surface area contributed by atoms with Crippen LogP contribution in [0, 0.1) is 6.92 Å². The van der Waals surface area contributed by atoms with Crippen molar-refractivity contribution in [1.82, 2.24) is 9.29 Å². The summed E-state index contributed by atoms with van der Waals surface area (Å²) in [6.07, 6.45) is 4.35. The topological polar surface area (TPSA) is 79.4 Å². The Kier molecular flexibility index (Phi) is 4.47. The second-order valence-corrected chi connectivity index (χ2v) is 8.78. The van der Waals surface area contributed by atoms with Crippen LogP contribution in [0.4, 0.5) is 5.69 Å². The molecule has 0 aromatic carbocycles. The molecular weight excluding hydrogens is 334 g/mol. The number of thiophene rings is 1. The molecule has 1 unspecified atom stereocenters. The van der Waals surface area contributed by atoms with Gasteiger partial charge in [-0.2, -0.15) is 4.31 Å². The molecule has 122 valence electrons. The van der Waals surface area contributed by atoms with Gasteiger partial charge in [-0.3, -0.25) is 9.78 Å². The van der Waals surface area contributed by atoms with Gasteiger partial charge in [-0.15, -0.1) is 11.3 Å². The molecule has 0 radical (unpaired) electrons. The van der Waals surface area contributed by atoms with Gasteiger partial charge in [-0.1, -0.05) is 0 Å². The van der Waals surface area contributed by atoms with Gasteiger partial charge in [0.05, 0.1) is 11.9 Å². The van der Waals surface area contributed by atoms with Gasteiger partial charge in [0.15, 0.2) is 0 Å². The van der Waals surface area contributed by atoms with E-state index < -0.39 is 16.1 Å². The van der Waals surface area contributed by atoms with E-state index in [0.29, 0.717) is 25.1 Å². The summed E-state index contributed by atoms with van der Waals surface area (Å²) in [5.41, 5.74) is 0.564. The minimum atomic E-state index is -3.63. The van der Waals surface area contributed by atoms with Crippen molar-refractivity contribution in [3.8, 4) is 0 Å². The van der Waals surface area contributed by atoms with Gasteiger partial charge in [-0.05, 0) is 44.0 Å². The summed E-state index contributed by atoms with van der Waals surface area (Å²) in [4.78, 5) is 17.3. The molecule has 1 aliphatic rings. The van der Waals surface area contributed by atoms with Crippen LogP contribution in [-0.2, 0) is 14.8 Å². The average Bonchev–Trinajstić information content (AvgIpc) is 3.17. The number of rotatable bonds is 4. The van der Waals surface area contributed by atoms with Crippen LogP contribution < -0.4 is 5.32 Å². The van der Waals surface area contributed by atoms with E-state index in [2.05, 4.69) is 10.3 Å². The maximum atomic E-state index is 12.8. The first kappa shape index (κ1) is 16.1. The number of hydrogen-bond donors (Lipinski definition) is 1. The lowest BCUT2D eigenvalue weighted by molar-refractivity contribution is -0.119. The van der Waals surface area contributed by atoms with Crippen molar-refractivity contribution >= 4 is 33.0 Å². The Balaban J connectivity index is 1.81. The van der Waals surface area contributed by atoms with E-state index in [4.69, 9.17) is 0 Å². The summed E-state index contributed by atoms with van der Waals surface area (Å²) in [7, 11) is -3.63. The van der Waals surface area contributed by atoms with E-state index in [1.807, 2.05) is 6.92 Å². The first-order valence-electron chi connectivity index (χ1n) is 7.27. The number of nitrogens with zero attached hydrogens (tertiary/aromatic N) is 2. The number of pyridine rings is 1. The summed E-state index contributed by atoms with van der Waals surface area (Å²) in [6, 6.07) is 6.14. The monoisotopic (exact) mass is 351 g/mol. The Bertz CT molecular complexity index is 802. The van der Waals surface area contributed by atoms with Gasteiger partial charge < -0.3 is 5.32 Å². The van der Waals surface area contributed by atoms with Crippen LogP contribution in [-0.4, -0.2) is 36.2 Å². The maximum Gasteiger partial charge on any atom is 0.253 e. The average molecular weight is 351 g/mol. The summed E-state index contributed by atoms with van der Waals surface area (Å²) in [5.74, 6) is -0.313. The van der Waals surface area contributed by atoms with Gasteiger partial charge in [0.1, 0.15) is 10.3 Å². The van der Waals surface area contributed by atoms with Crippen molar-refractivity contribution in [3.05, 3.63) is 41.5 Å². The van der Waals surface area contributed by atoms with Crippen molar-refractivity contribution in [3.63, 3.8) is 0 Å². The van der Waals surface area contributed by atoms with Crippen LogP contribution in [0.3, 0.4) is 0 Å². The normalized spacial score (nSPS) is 18.9. The number of sulfonamides is 1. The molecule has 1 amide bonds. The molecule has 3 heterocycles. The van der Waals surface area contributed by atoms with E-state index >= 15 is 0 Å². The molecule has 0 bridgehead atoms. The molecule has 0 saturated carbocycles. The molecular formula is C15H17N3O3S2. The van der Waals surface area contributed by atoms with E-state index in [1.165, 1.54) is 21.8 Å². The first-order chi connectivity index (χ1) is 11.0. The fourth-order valence-electron chi connectivity index (χ4n) is 2.62. The van der Waals surface area contributed by atoms with Gasteiger partial charge in [0.2, 0.25) is 5.91 Å². The largest absolute Gasteiger partial charge is 0.323 e. The van der Waals surface area contributed by atoms with E-state index in [9.17, 15) is 13.2 Å². The molecule has 0 aliphatic carbocycles. The number of nitrogens with one attached hydrogen (secondary N) is 1. The van der Waals surface area contributed by atoms with Gasteiger partial charge in [0.25, 0.3) is 10.0 Å². The summed E-state index contributed by atoms with van der Waals surface area (Å²) >= 11 is 1.23. The molecule has 1 aliphatic heterocycles. The molecule has 2 aromatic rings. The van der Waals surface area contributed by atoms with Crippen molar-refractivity contribution in [2.24, 2.45) is 0 Å². The minimum absolute atomic E-state index is 0.288. The molecule has 6 nitrogen and oxygen atoms in total. The highest BCUT2D eigenvalue weighted by molar-refractivity contribution is 7.91. The van der Waals surface area contributed by atoms with Gasteiger partial charge in [0, 0.05) is 17.6 Å². The molecule has 0 spiro atoms. The molecule has 23 heavy (non-hydrogen) atoms. The standard InChI is InChI=1S/C15H17N3O3S2/c1-11-6-7-14(22-11)23(20,21)18-9-3-5-13(18)15(19)17-12-4-2-8-16-10-12/h2,4,6-8,10,13H,3,5,9H2,1H3,(H,17,19). The first-order valence-corrected chi connectivity index (χ1v) is 9.53. The minimum Gasteiger partial charge on any atom is -0.323 e. The van der Waals surface area contributed by atoms with E-state index in [0.717, 1.165) is 4.88 Å². The van der Waals surface area contributed by atoms with Crippen LogP contribution in [0.25, 0.3) is 0 Å². The number of amides is 1.